The smallest absolute Gasteiger partial charge is 0.253 e. The van der Waals surface area contributed by atoms with Crippen molar-refractivity contribution in [3.63, 3.8) is 0 Å². The van der Waals surface area contributed by atoms with Gasteiger partial charge in [-0.2, -0.15) is 0 Å². The van der Waals surface area contributed by atoms with Crippen molar-refractivity contribution in [3.05, 3.63) is 76.7 Å². The highest BCUT2D eigenvalue weighted by molar-refractivity contribution is 6.06. The first kappa shape index (κ1) is 18.8. The summed E-state index contributed by atoms with van der Waals surface area (Å²) in [6.45, 7) is 3.54. The molecule has 0 fully saturated rings. The number of rotatable bonds is 4. The average Bonchev–Trinajstić information content (AvgIpc) is 2.63. The summed E-state index contributed by atoms with van der Waals surface area (Å²) in [5, 5.41) is 15.2. The minimum Gasteiger partial charge on any atom is -0.389 e. The van der Waals surface area contributed by atoms with E-state index in [4.69, 9.17) is 0 Å². The first-order valence-electron chi connectivity index (χ1n) is 8.70. The molecule has 0 aliphatic carbocycles. The molecule has 0 aromatic heterocycles. The maximum Gasteiger partial charge on any atom is 0.253 e. The number of aliphatic hydroxyl groups is 1. The molecule has 3 N–H and O–H groups in total. The summed E-state index contributed by atoms with van der Waals surface area (Å²) < 4.78 is 13.6. The standard InChI is InChI=1S/C21H21FN2O3/c1-12-6-7-16(9-17(12)13(2)25)24-21(27)19-11-23-20(26)10-18(19)14-4-3-5-15(22)8-14/h3-9,11,13,18,25H,10H2,1-2H3,(H,23,26)(H,24,27)/t13-,18?/m0/s1. The molecule has 0 saturated carbocycles. The van der Waals surface area contributed by atoms with Crippen LogP contribution in [0.5, 0.6) is 0 Å². The van der Waals surface area contributed by atoms with Crippen molar-refractivity contribution in [2.45, 2.75) is 32.3 Å². The maximum absolute atomic E-state index is 13.6. The summed E-state index contributed by atoms with van der Waals surface area (Å²) in [5.41, 5.74) is 3.10. The summed E-state index contributed by atoms with van der Waals surface area (Å²) in [4.78, 5) is 24.6. The van der Waals surface area contributed by atoms with E-state index in [9.17, 15) is 19.1 Å². The number of hydrogen-bond acceptors (Lipinski definition) is 3. The third kappa shape index (κ3) is 4.23. The molecule has 0 bridgehead atoms. The Kier molecular flexibility index (Phi) is 5.37. The van der Waals surface area contributed by atoms with Gasteiger partial charge in [0.25, 0.3) is 5.91 Å². The number of aliphatic hydroxyl groups excluding tert-OH is 1. The number of hydrogen-bond donors (Lipinski definition) is 3. The summed E-state index contributed by atoms with van der Waals surface area (Å²) in [7, 11) is 0. The number of anilines is 1. The average molecular weight is 368 g/mol. The number of amides is 2. The number of aryl methyl sites for hydroxylation is 1. The predicted octanol–water partition coefficient (Wildman–Crippen LogP) is 3.31. The van der Waals surface area contributed by atoms with E-state index in [2.05, 4.69) is 10.6 Å². The van der Waals surface area contributed by atoms with Gasteiger partial charge in [-0.25, -0.2) is 4.39 Å². The number of nitrogens with one attached hydrogen (secondary N) is 2. The van der Waals surface area contributed by atoms with Gasteiger partial charge in [0.05, 0.1) is 6.10 Å². The van der Waals surface area contributed by atoms with Gasteiger partial charge in [0, 0.05) is 29.8 Å². The molecule has 2 atom stereocenters. The highest BCUT2D eigenvalue weighted by Crippen LogP contribution is 2.31. The molecule has 1 unspecified atom stereocenters. The number of carbonyl (C=O) groups excluding carboxylic acids is 2. The molecule has 0 radical (unpaired) electrons. The van der Waals surface area contributed by atoms with Crippen LogP contribution in [-0.4, -0.2) is 16.9 Å². The molecule has 1 aliphatic heterocycles. The lowest BCUT2D eigenvalue weighted by Crippen LogP contribution is -2.32. The van der Waals surface area contributed by atoms with Gasteiger partial charge in [0.1, 0.15) is 5.82 Å². The van der Waals surface area contributed by atoms with Crippen LogP contribution < -0.4 is 10.6 Å². The van der Waals surface area contributed by atoms with Crippen LogP contribution in [0.1, 0.15) is 42.1 Å². The summed E-state index contributed by atoms with van der Waals surface area (Å²) in [6.07, 6.45) is 0.783. The zero-order chi connectivity index (χ0) is 19.6. The zero-order valence-electron chi connectivity index (χ0n) is 15.1. The number of carbonyl (C=O) groups is 2. The maximum atomic E-state index is 13.6. The molecule has 140 valence electrons. The molecule has 1 aliphatic rings. The van der Waals surface area contributed by atoms with Crippen molar-refractivity contribution in [2.24, 2.45) is 0 Å². The highest BCUT2D eigenvalue weighted by atomic mass is 19.1. The summed E-state index contributed by atoms with van der Waals surface area (Å²) in [6, 6.07) is 11.2. The van der Waals surface area contributed by atoms with E-state index in [-0.39, 0.29) is 18.2 Å². The fraction of sp³-hybridized carbons (Fsp3) is 0.238. The third-order valence-corrected chi connectivity index (χ3v) is 4.65. The molecule has 6 heteroatoms. The van der Waals surface area contributed by atoms with Crippen molar-refractivity contribution >= 4 is 17.5 Å². The van der Waals surface area contributed by atoms with Crippen LogP contribution >= 0.6 is 0 Å². The van der Waals surface area contributed by atoms with Crippen LogP contribution in [0.4, 0.5) is 10.1 Å². The van der Waals surface area contributed by atoms with Crippen LogP contribution in [0.25, 0.3) is 0 Å². The highest BCUT2D eigenvalue weighted by Gasteiger charge is 2.29. The van der Waals surface area contributed by atoms with Crippen molar-refractivity contribution in [3.8, 4) is 0 Å². The Hall–Kier alpha value is -2.99. The Bertz CT molecular complexity index is 921. The van der Waals surface area contributed by atoms with Gasteiger partial charge < -0.3 is 15.7 Å². The first-order valence-corrected chi connectivity index (χ1v) is 8.70. The molecule has 5 nitrogen and oxygen atoms in total. The lowest BCUT2D eigenvalue weighted by Gasteiger charge is -2.24. The van der Waals surface area contributed by atoms with Crippen molar-refractivity contribution in [1.82, 2.24) is 5.32 Å². The van der Waals surface area contributed by atoms with Crippen LogP contribution in [0.3, 0.4) is 0 Å². The molecule has 2 amide bonds. The second kappa shape index (κ2) is 7.72. The molecular weight excluding hydrogens is 347 g/mol. The molecule has 0 spiro atoms. The van der Waals surface area contributed by atoms with Crippen LogP contribution in [-0.2, 0) is 9.59 Å². The quantitative estimate of drug-likeness (QED) is 0.775. The molecule has 3 rings (SSSR count). The van der Waals surface area contributed by atoms with Crippen molar-refractivity contribution in [1.29, 1.82) is 0 Å². The zero-order valence-corrected chi connectivity index (χ0v) is 15.1. The SMILES string of the molecule is Cc1ccc(NC(=O)C2=CNC(=O)CC2c2cccc(F)c2)cc1[C@H](C)O. The van der Waals surface area contributed by atoms with Crippen molar-refractivity contribution < 1.29 is 19.1 Å². The molecule has 0 saturated heterocycles. The Balaban J connectivity index is 1.88. The lowest BCUT2D eigenvalue weighted by molar-refractivity contribution is -0.121. The molecular formula is C21H21FN2O3. The van der Waals surface area contributed by atoms with Crippen LogP contribution in [0, 0.1) is 12.7 Å². The Morgan fingerprint density at radius 3 is 2.78 bits per heavy atom. The van der Waals surface area contributed by atoms with Crippen molar-refractivity contribution in [2.75, 3.05) is 5.32 Å². The lowest BCUT2D eigenvalue weighted by atomic mass is 9.86. The monoisotopic (exact) mass is 368 g/mol. The minimum atomic E-state index is -0.657. The molecule has 1 heterocycles. The normalized spacial score (nSPS) is 17.7. The largest absolute Gasteiger partial charge is 0.389 e. The van der Waals surface area contributed by atoms with Gasteiger partial charge in [-0.3, -0.25) is 9.59 Å². The Morgan fingerprint density at radius 1 is 1.30 bits per heavy atom. The van der Waals surface area contributed by atoms with Crippen LogP contribution in [0.2, 0.25) is 0 Å². The Morgan fingerprint density at radius 2 is 2.07 bits per heavy atom. The fourth-order valence-electron chi connectivity index (χ4n) is 3.23. The number of halogens is 1. The van der Waals surface area contributed by atoms with E-state index in [1.165, 1.54) is 18.3 Å². The van der Waals surface area contributed by atoms with E-state index in [1.807, 2.05) is 13.0 Å². The van der Waals surface area contributed by atoms with Crippen LogP contribution in [0.15, 0.2) is 54.2 Å². The second-order valence-electron chi connectivity index (χ2n) is 6.68. The predicted molar refractivity (Wildman–Crippen MR) is 100 cm³/mol. The summed E-state index contributed by atoms with van der Waals surface area (Å²) >= 11 is 0. The van der Waals surface area contributed by atoms with E-state index >= 15 is 0 Å². The topological polar surface area (TPSA) is 78.4 Å². The van der Waals surface area contributed by atoms with Gasteiger partial charge in [-0.1, -0.05) is 18.2 Å². The van der Waals surface area contributed by atoms with Gasteiger partial charge in [0.15, 0.2) is 0 Å². The van der Waals surface area contributed by atoms with Gasteiger partial charge in [-0.05, 0) is 54.8 Å². The molecule has 2 aromatic carbocycles. The third-order valence-electron chi connectivity index (χ3n) is 4.65. The van der Waals surface area contributed by atoms with E-state index in [1.54, 1.807) is 31.2 Å². The van der Waals surface area contributed by atoms with E-state index < -0.39 is 17.8 Å². The second-order valence-corrected chi connectivity index (χ2v) is 6.68. The van der Waals surface area contributed by atoms with E-state index in [0.717, 1.165) is 11.1 Å². The molecule has 2 aromatic rings. The Labute approximate surface area is 156 Å². The van der Waals surface area contributed by atoms with Gasteiger partial charge in [-0.15, -0.1) is 0 Å². The summed E-state index contributed by atoms with van der Waals surface area (Å²) in [5.74, 6) is -1.56. The minimum absolute atomic E-state index is 0.0650. The molecule has 27 heavy (non-hydrogen) atoms. The first-order chi connectivity index (χ1) is 12.8. The number of benzene rings is 2. The van der Waals surface area contributed by atoms with E-state index in [0.29, 0.717) is 16.8 Å². The van der Waals surface area contributed by atoms with Gasteiger partial charge >= 0.3 is 0 Å². The van der Waals surface area contributed by atoms with Gasteiger partial charge in [0.2, 0.25) is 5.91 Å². The fourth-order valence-corrected chi connectivity index (χ4v) is 3.23.